The van der Waals surface area contributed by atoms with Crippen molar-refractivity contribution in [3.05, 3.63) is 41.6 Å². The van der Waals surface area contributed by atoms with Crippen LogP contribution in [0.2, 0.25) is 0 Å². The van der Waals surface area contributed by atoms with E-state index in [-0.39, 0.29) is 48.8 Å². The number of nitrogens with one attached hydrogen (secondary N) is 2. The Morgan fingerprint density at radius 2 is 1.88 bits per heavy atom. The maximum absolute atomic E-state index is 14.8. The molecule has 1 aliphatic carbocycles. The number of hydrogen-bond acceptors (Lipinski definition) is 10. The number of hydrogen-bond donors (Lipinski definition) is 3. The molecule has 3 aliphatic heterocycles. The average Bonchev–Trinajstić information content (AvgIpc) is 3.69. The first kappa shape index (κ1) is 41.0. The maximum atomic E-state index is 14.8. The number of aliphatic hydroxyl groups excluding tert-OH is 1. The Morgan fingerprint density at radius 3 is 2.57 bits per heavy atom. The smallest absolute Gasteiger partial charge is 0.437 e. The van der Waals surface area contributed by atoms with Gasteiger partial charge in [-0.15, -0.1) is 0 Å². The predicted octanol–water partition coefficient (Wildman–Crippen LogP) is 6.05. The van der Waals surface area contributed by atoms with E-state index in [1.165, 1.54) is 30.2 Å². The Labute approximate surface area is 323 Å². The Bertz CT molecular complexity index is 1880. The molecule has 306 valence electrons. The lowest BCUT2D eigenvalue weighted by atomic mass is 9.84. The van der Waals surface area contributed by atoms with Gasteiger partial charge in [0.25, 0.3) is 0 Å². The number of aliphatic hydroxyl groups is 1. The van der Waals surface area contributed by atoms with Gasteiger partial charge in [0.2, 0.25) is 11.8 Å². The molecule has 1 unspecified atom stereocenters. The Balaban J connectivity index is 1.45. The lowest BCUT2D eigenvalue weighted by Crippen LogP contribution is -2.62. The second-order valence-electron chi connectivity index (χ2n) is 16.2. The van der Waals surface area contributed by atoms with E-state index < -0.39 is 88.9 Å². The van der Waals surface area contributed by atoms with Crippen LogP contribution < -0.4 is 20.1 Å². The molecule has 3 N–H and O–H groups in total. The number of allylic oxidation sites excluding steroid dienone is 1. The second-order valence-corrected chi connectivity index (χ2v) is 16.2. The normalized spacial score (nSPS) is 29.2. The van der Waals surface area contributed by atoms with Crippen LogP contribution in [0.15, 0.2) is 30.4 Å². The molecule has 2 fully saturated rings. The zero-order valence-electron chi connectivity index (χ0n) is 32.4. The van der Waals surface area contributed by atoms with Crippen molar-refractivity contribution in [1.29, 1.82) is 0 Å². The number of alkyl halides is 3. The van der Waals surface area contributed by atoms with Crippen molar-refractivity contribution >= 4 is 34.8 Å². The Hall–Kier alpha value is -4.60. The number of nitrogens with zero attached hydrogens (tertiary/aromatic N) is 2. The largest absolute Gasteiger partial charge is 0.497 e. The summed E-state index contributed by atoms with van der Waals surface area (Å²) in [5, 5.41) is 17.6. The first-order chi connectivity index (χ1) is 26.4. The summed E-state index contributed by atoms with van der Waals surface area (Å²) in [5.41, 5.74) is -5.62. The number of aromatic nitrogens is 1. The number of halogens is 3. The van der Waals surface area contributed by atoms with Gasteiger partial charge in [0, 0.05) is 29.7 Å². The van der Waals surface area contributed by atoms with Crippen LogP contribution >= 0.6 is 0 Å². The molecule has 6 rings (SSSR count). The summed E-state index contributed by atoms with van der Waals surface area (Å²) in [6, 6.07) is 1.72. The average molecular weight is 789 g/mol. The van der Waals surface area contributed by atoms with Crippen LogP contribution in [0.5, 0.6) is 11.5 Å². The highest BCUT2D eigenvalue weighted by Gasteiger charge is 2.58. The number of rotatable bonds is 4. The van der Waals surface area contributed by atoms with Crippen LogP contribution in [0.25, 0.3) is 10.9 Å². The van der Waals surface area contributed by atoms with E-state index in [0.29, 0.717) is 37.9 Å². The predicted molar refractivity (Wildman–Crippen MR) is 197 cm³/mol. The van der Waals surface area contributed by atoms with Crippen molar-refractivity contribution in [2.75, 3.05) is 20.3 Å². The van der Waals surface area contributed by atoms with Crippen LogP contribution in [0.4, 0.5) is 18.0 Å². The van der Waals surface area contributed by atoms with E-state index in [4.69, 9.17) is 18.9 Å². The van der Waals surface area contributed by atoms with E-state index in [1.54, 1.807) is 27.7 Å². The van der Waals surface area contributed by atoms with E-state index in [1.807, 2.05) is 12.2 Å². The third-order valence-electron chi connectivity index (χ3n) is 11.1. The number of carbonyl (C=O) groups excluding carboxylic acids is 4. The SMILES string of the molecule is CCOC(=O)[C@@]12CCC[C@H]1/C=C\CCCCC[C@H](NC(=O)OC(C)(C)C)C(=O)N1C[C@@]3(CC(O)c4c(c(C(F)(F)F)nc5ccc(OC)cc45)O3)C[C@H]1C(=O)N2. The third kappa shape index (κ3) is 8.25. The number of esters is 1. The van der Waals surface area contributed by atoms with Gasteiger partial charge in [0.05, 0.1) is 31.9 Å². The molecule has 3 amide bonds. The fraction of sp³-hybridized carbons (Fsp3) is 0.625. The molecule has 0 bridgehead atoms. The number of fused-ring (bicyclic) bond motifs is 5. The van der Waals surface area contributed by atoms with Crippen molar-refractivity contribution in [2.45, 2.75) is 133 Å². The Morgan fingerprint density at radius 1 is 1.11 bits per heavy atom. The zero-order valence-corrected chi connectivity index (χ0v) is 32.4. The van der Waals surface area contributed by atoms with Crippen molar-refractivity contribution in [2.24, 2.45) is 5.92 Å². The monoisotopic (exact) mass is 788 g/mol. The minimum atomic E-state index is -5.01. The highest BCUT2D eigenvalue weighted by atomic mass is 19.4. The van der Waals surface area contributed by atoms with Crippen LogP contribution in [0.1, 0.15) is 109 Å². The Kier molecular flexibility index (Phi) is 11.5. The summed E-state index contributed by atoms with van der Waals surface area (Å²) in [4.78, 5) is 61.4. The summed E-state index contributed by atoms with van der Waals surface area (Å²) in [5.74, 6) is -2.85. The van der Waals surface area contributed by atoms with Gasteiger partial charge in [-0.2, -0.15) is 13.2 Å². The minimum absolute atomic E-state index is 0.0374. The van der Waals surface area contributed by atoms with Crippen LogP contribution in [0, 0.1) is 5.92 Å². The number of benzene rings is 1. The van der Waals surface area contributed by atoms with Gasteiger partial charge in [-0.3, -0.25) is 9.59 Å². The van der Waals surface area contributed by atoms with Crippen molar-refractivity contribution < 1.29 is 56.4 Å². The molecular formula is C40H51F3N4O9. The van der Waals surface area contributed by atoms with Crippen molar-refractivity contribution in [3.8, 4) is 11.5 Å². The number of alkyl carbamates (subject to hydrolysis) is 1. The molecule has 56 heavy (non-hydrogen) atoms. The topological polar surface area (TPSA) is 166 Å². The lowest BCUT2D eigenvalue weighted by molar-refractivity contribution is -0.155. The molecule has 6 atom stereocenters. The lowest BCUT2D eigenvalue weighted by Gasteiger charge is -2.39. The van der Waals surface area contributed by atoms with Crippen LogP contribution in [-0.4, -0.2) is 88.0 Å². The van der Waals surface area contributed by atoms with Gasteiger partial charge in [0.15, 0.2) is 11.4 Å². The highest BCUT2D eigenvalue weighted by molar-refractivity contribution is 5.95. The molecule has 1 saturated heterocycles. The molecule has 13 nitrogen and oxygen atoms in total. The van der Waals surface area contributed by atoms with Gasteiger partial charge >= 0.3 is 18.2 Å². The van der Waals surface area contributed by atoms with E-state index in [0.717, 1.165) is 6.42 Å². The highest BCUT2D eigenvalue weighted by Crippen LogP contribution is 2.52. The van der Waals surface area contributed by atoms with Gasteiger partial charge in [-0.1, -0.05) is 25.0 Å². The van der Waals surface area contributed by atoms with Gasteiger partial charge < -0.3 is 39.6 Å². The number of ether oxygens (including phenoxy) is 4. The van der Waals surface area contributed by atoms with Crippen molar-refractivity contribution in [3.63, 3.8) is 0 Å². The quantitative estimate of drug-likeness (QED) is 0.245. The molecule has 2 aromatic rings. The molecule has 4 aliphatic rings. The number of pyridine rings is 1. The first-order valence-corrected chi connectivity index (χ1v) is 19.3. The summed E-state index contributed by atoms with van der Waals surface area (Å²) >= 11 is 0. The fourth-order valence-corrected chi connectivity index (χ4v) is 8.62. The maximum Gasteiger partial charge on any atom is 0.437 e. The number of amides is 3. The van der Waals surface area contributed by atoms with Gasteiger partial charge in [-0.25, -0.2) is 14.6 Å². The van der Waals surface area contributed by atoms with Crippen LogP contribution in [0.3, 0.4) is 0 Å². The third-order valence-corrected chi connectivity index (χ3v) is 11.1. The van der Waals surface area contributed by atoms with Crippen molar-refractivity contribution in [1.82, 2.24) is 20.5 Å². The van der Waals surface area contributed by atoms with Gasteiger partial charge in [-0.05, 0) is 84.4 Å². The fourth-order valence-electron chi connectivity index (χ4n) is 8.62. The van der Waals surface area contributed by atoms with Crippen LogP contribution in [-0.2, 0) is 30.0 Å². The molecule has 1 spiro atoms. The molecule has 16 heteroatoms. The second kappa shape index (κ2) is 15.7. The molecule has 1 saturated carbocycles. The molecule has 1 aromatic carbocycles. The van der Waals surface area contributed by atoms with E-state index in [2.05, 4.69) is 15.6 Å². The molecule has 4 heterocycles. The number of methoxy groups -OCH3 is 1. The van der Waals surface area contributed by atoms with E-state index in [9.17, 15) is 37.5 Å². The van der Waals surface area contributed by atoms with Gasteiger partial charge in [0.1, 0.15) is 34.6 Å². The first-order valence-electron chi connectivity index (χ1n) is 19.3. The standard InChI is InChI=1S/C40H51F3N4O9/c1-6-54-35(51)39-18-12-14-23(39)13-10-8-7-9-11-15-27(45-36(52)56-37(2,3)4)34(50)47-22-38(20-28(47)33(49)46-39)21-29(48)30-25-19-24(53-5)16-17-26(25)44-32(31(30)55-38)40(41,42)43/h10,13,16-17,19,23,27-29,48H,6-9,11-12,14-15,18,20-22H2,1-5H3,(H,45,52)(H,46,49)/b13-10-/t23-,27+,28+,29?,38+,39-/m1/s1. The summed E-state index contributed by atoms with van der Waals surface area (Å²) in [7, 11) is 1.40. The molecular weight excluding hydrogens is 737 g/mol. The summed E-state index contributed by atoms with van der Waals surface area (Å²) in [6.45, 7) is 6.32. The summed E-state index contributed by atoms with van der Waals surface area (Å²) < 4.78 is 66.9. The number of carbonyl (C=O) groups is 4. The molecule has 1 aromatic heterocycles. The van der Waals surface area contributed by atoms with E-state index >= 15 is 0 Å². The molecule has 0 radical (unpaired) electrons. The minimum Gasteiger partial charge on any atom is -0.497 e. The summed E-state index contributed by atoms with van der Waals surface area (Å²) in [6.07, 6.45) is 0.166. The zero-order chi connectivity index (χ0) is 40.6.